The van der Waals surface area contributed by atoms with Crippen molar-refractivity contribution in [2.24, 2.45) is 5.92 Å². The Morgan fingerprint density at radius 3 is 2.41 bits per heavy atom. The Kier molecular flexibility index (Phi) is 6.49. The van der Waals surface area contributed by atoms with Gasteiger partial charge in [-0.05, 0) is 37.1 Å². The number of H-pyrrole nitrogens is 1. The van der Waals surface area contributed by atoms with Crippen LogP contribution in [-0.4, -0.2) is 36.6 Å². The van der Waals surface area contributed by atoms with Crippen LogP contribution in [0, 0.1) is 5.92 Å². The number of anilines is 1. The third-order valence-electron chi connectivity index (χ3n) is 5.35. The van der Waals surface area contributed by atoms with E-state index in [0.717, 1.165) is 25.7 Å². The maximum absolute atomic E-state index is 12.6. The molecule has 158 valence electrons. The van der Waals surface area contributed by atoms with E-state index in [2.05, 4.69) is 15.0 Å². The van der Waals surface area contributed by atoms with Crippen LogP contribution in [0.4, 0.5) is 5.69 Å². The second-order valence-corrected chi connectivity index (χ2v) is 9.42. The van der Waals surface area contributed by atoms with E-state index in [4.69, 9.17) is 0 Å². The molecule has 0 unspecified atom stereocenters. The molecule has 29 heavy (non-hydrogen) atoms. The Morgan fingerprint density at radius 2 is 1.79 bits per heavy atom. The second-order valence-electron chi connectivity index (χ2n) is 7.50. The van der Waals surface area contributed by atoms with E-state index in [1.807, 2.05) is 0 Å². The SMILES string of the molecule is CNS(=O)(=O)Cc1ccc(NC(=O)c2c(O)[nH]c(CC3CCCCC3)c2O)cc1. The smallest absolute Gasteiger partial charge is 0.264 e. The van der Waals surface area contributed by atoms with Gasteiger partial charge in [-0.25, -0.2) is 13.1 Å². The van der Waals surface area contributed by atoms with Crippen LogP contribution < -0.4 is 10.0 Å². The molecule has 0 spiro atoms. The van der Waals surface area contributed by atoms with Crippen molar-refractivity contribution in [2.45, 2.75) is 44.3 Å². The molecule has 1 aromatic carbocycles. The highest BCUT2D eigenvalue weighted by atomic mass is 32.2. The first kappa shape index (κ1) is 21.2. The molecule has 0 saturated heterocycles. The van der Waals surface area contributed by atoms with Crippen molar-refractivity contribution in [2.75, 3.05) is 12.4 Å². The van der Waals surface area contributed by atoms with E-state index in [-0.39, 0.29) is 22.9 Å². The number of hydrogen-bond acceptors (Lipinski definition) is 5. The maximum atomic E-state index is 12.6. The summed E-state index contributed by atoms with van der Waals surface area (Å²) in [5, 5.41) is 23.2. The minimum atomic E-state index is -3.38. The molecule has 0 radical (unpaired) electrons. The first-order valence-corrected chi connectivity index (χ1v) is 11.4. The largest absolute Gasteiger partial charge is 0.505 e. The summed E-state index contributed by atoms with van der Waals surface area (Å²) in [6.45, 7) is 0. The summed E-state index contributed by atoms with van der Waals surface area (Å²) in [6, 6.07) is 6.33. The first-order valence-electron chi connectivity index (χ1n) is 9.73. The summed E-state index contributed by atoms with van der Waals surface area (Å²) >= 11 is 0. The van der Waals surface area contributed by atoms with Crippen LogP contribution in [0.1, 0.15) is 53.7 Å². The number of amides is 1. The molecule has 0 atom stereocenters. The van der Waals surface area contributed by atoms with Crippen molar-refractivity contribution >= 4 is 21.6 Å². The van der Waals surface area contributed by atoms with Crippen LogP contribution in [0.5, 0.6) is 11.6 Å². The average molecular weight is 422 g/mol. The van der Waals surface area contributed by atoms with E-state index in [0.29, 0.717) is 29.3 Å². The molecule has 1 saturated carbocycles. The normalized spacial score (nSPS) is 15.3. The van der Waals surface area contributed by atoms with E-state index in [9.17, 15) is 23.4 Å². The molecule has 8 nitrogen and oxygen atoms in total. The molecule has 1 fully saturated rings. The van der Waals surface area contributed by atoms with Crippen LogP contribution in [0.2, 0.25) is 0 Å². The van der Waals surface area contributed by atoms with E-state index in [1.165, 1.54) is 13.5 Å². The van der Waals surface area contributed by atoms with Crippen molar-refractivity contribution in [3.63, 3.8) is 0 Å². The van der Waals surface area contributed by atoms with Crippen LogP contribution in [0.25, 0.3) is 0 Å². The molecular formula is C20H27N3O5S. The number of hydrogen-bond donors (Lipinski definition) is 5. The summed E-state index contributed by atoms with van der Waals surface area (Å²) in [5.74, 6) is -0.946. The molecule has 1 aliphatic rings. The fourth-order valence-corrected chi connectivity index (χ4v) is 4.52. The van der Waals surface area contributed by atoms with Gasteiger partial charge in [0.1, 0.15) is 5.56 Å². The predicted octanol–water partition coefficient (Wildman–Crippen LogP) is 2.85. The predicted molar refractivity (Wildman–Crippen MR) is 110 cm³/mol. The fraction of sp³-hybridized carbons (Fsp3) is 0.450. The molecule has 1 heterocycles. The number of aromatic amines is 1. The Morgan fingerprint density at radius 1 is 1.14 bits per heavy atom. The van der Waals surface area contributed by atoms with Gasteiger partial charge in [-0.1, -0.05) is 44.2 Å². The summed E-state index contributed by atoms with van der Waals surface area (Å²) in [4.78, 5) is 15.3. The van der Waals surface area contributed by atoms with Crippen LogP contribution >= 0.6 is 0 Å². The van der Waals surface area contributed by atoms with Gasteiger partial charge in [0.2, 0.25) is 15.9 Å². The zero-order valence-electron chi connectivity index (χ0n) is 16.4. The molecule has 1 aliphatic carbocycles. The topological polar surface area (TPSA) is 132 Å². The van der Waals surface area contributed by atoms with Crippen molar-refractivity contribution in [1.82, 2.24) is 9.71 Å². The monoisotopic (exact) mass is 421 g/mol. The Labute approximate surface area is 170 Å². The molecule has 2 aromatic rings. The van der Waals surface area contributed by atoms with Gasteiger partial charge in [-0.15, -0.1) is 0 Å². The van der Waals surface area contributed by atoms with Crippen molar-refractivity contribution < 1.29 is 23.4 Å². The Hall–Kier alpha value is -2.52. The lowest BCUT2D eigenvalue weighted by atomic mass is 9.86. The number of benzene rings is 1. The van der Waals surface area contributed by atoms with Gasteiger partial charge < -0.3 is 20.5 Å². The lowest BCUT2D eigenvalue weighted by Gasteiger charge is -2.20. The Bertz CT molecular complexity index is 961. The maximum Gasteiger partial charge on any atom is 0.264 e. The number of carbonyl (C=O) groups is 1. The van der Waals surface area contributed by atoms with Crippen LogP contribution in [0.3, 0.4) is 0 Å². The molecule has 0 bridgehead atoms. The lowest BCUT2D eigenvalue weighted by molar-refractivity contribution is 0.102. The van der Waals surface area contributed by atoms with Gasteiger partial charge in [0, 0.05) is 5.69 Å². The fourth-order valence-electron chi connectivity index (χ4n) is 3.74. The molecule has 5 N–H and O–H groups in total. The quantitative estimate of drug-likeness (QED) is 0.469. The van der Waals surface area contributed by atoms with Crippen molar-refractivity contribution in [3.05, 3.63) is 41.1 Å². The molecule has 0 aliphatic heterocycles. The number of aromatic nitrogens is 1. The zero-order valence-corrected chi connectivity index (χ0v) is 17.2. The number of rotatable bonds is 7. The molecule has 1 aromatic heterocycles. The lowest BCUT2D eigenvalue weighted by Crippen LogP contribution is -2.20. The third kappa shape index (κ3) is 5.30. The summed E-state index contributed by atoms with van der Waals surface area (Å²) in [6.07, 6.45) is 6.31. The third-order valence-corrected chi connectivity index (χ3v) is 6.69. The first-order chi connectivity index (χ1) is 13.8. The van der Waals surface area contributed by atoms with Gasteiger partial charge in [-0.2, -0.15) is 0 Å². The summed E-state index contributed by atoms with van der Waals surface area (Å²) in [5.41, 5.74) is 1.29. The molecule has 1 amide bonds. The highest BCUT2D eigenvalue weighted by Crippen LogP contribution is 2.35. The van der Waals surface area contributed by atoms with Gasteiger partial charge >= 0.3 is 0 Å². The minimum Gasteiger partial charge on any atom is -0.505 e. The summed E-state index contributed by atoms with van der Waals surface area (Å²) < 4.78 is 25.4. The van der Waals surface area contributed by atoms with Gasteiger partial charge in [0.25, 0.3) is 5.91 Å². The zero-order chi connectivity index (χ0) is 21.0. The highest BCUT2D eigenvalue weighted by molar-refractivity contribution is 7.88. The number of carbonyl (C=O) groups excluding carboxylic acids is 1. The Balaban J connectivity index is 1.69. The minimum absolute atomic E-state index is 0.165. The van der Waals surface area contributed by atoms with Crippen molar-refractivity contribution in [1.29, 1.82) is 0 Å². The molecule has 3 rings (SSSR count). The van der Waals surface area contributed by atoms with Gasteiger partial charge in [0.15, 0.2) is 5.75 Å². The number of sulfonamides is 1. The molecular weight excluding hydrogens is 394 g/mol. The van der Waals surface area contributed by atoms with Crippen LogP contribution in [-0.2, 0) is 22.2 Å². The van der Waals surface area contributed by atoms with Crippen LogP contribution in [0.15, 0.2) is 24.3 Å². The summed E-state index contributed by atoms with van der Waals surface area (Å²) in [7, 11) is -2.03. The van der Waals surface area contributed by atoms with E-state index >= 15 is 0 Å². The second kappa shape index (κ2) is 8.87. The van der Waals surface area contributed by atoms with Crippen molar-refractivity contribution in [3.8, 4) is 11.6 Å². The number of aromatic hydroxyl groups is 2. The highest BCUT2D eigenvalue weighted by Gasteiger charge is 2.25. The van der Waals surface area contributed by atoms with Gasteiger partial charge in [-0.3, -0.25) is 4.79 Å². The standard InChI is InChI=1S/C20H27N3O5S/c1-21-29(27,28)12-14-7-9-15(10-8-14)22-19(25)17-18(24)16(23-20(17)26)11-13-5-3-2-4-6-13/h7-10,13,21,23-24,26H,2-6,11-12H2,1H3,(H,22,25). The number of nitrogens with one attached hydrogen (secondary N) is 3. The van der Waals surface area contributed by atoms with Gasteiger partial charge in [0.05, 0.1) is 11.4 Å². The van der Waals surface area contributed by atoms with E-state index < -0.39 is 15.9 Å². The van der Waals surface area contributed by atoms with E-state index in [1.54, 1.807) is 24.3 Å². The average Bonchev–Trinajstić information content (AvgIpc) is 2.97. The molecule has 9 heteroatoms.